The van der Waals surface area contributed by atoms with Crippen molar-refractivity contribution in [3.63, 3.8) is 0 Å². The van der Waals surface area contributed by atoms with Crippen LogP contribution in [0.2, 0.25) is 0 Å². The van der Waals surface area contributed by atoms with E-state index in [1.165, 1.54) is 19.3 Å². The number of benzene rings is 1. The number of ether oxygens (including phenoxy) is 2. The van der Waals surface area contributed by atoms with Crippen LogP contribution in [0.4, 0.5) is 0 Å². The van der Waals surface area contributed by atoms with Gasteiger partial charge in [-0.05, 0) is 30.5 Å². The molecule has 0 radical (unpaired) electrons. The third-order valence-corrected chi connectivity index (χ3v) is 3.01. The maximum atomic E-state index is 8.59. The monoisotopic (exact) mass is 261 g/mol. The summed E-state index contributed by atoms with van der Waals surface area (Å²) >= 11 is 0. The largest absolute Gasteiger partial charge is 0.493 e. The number of nitrogens with zero attached hydrogens (tertiary/aromatic N) is 1. The van der Waals surface area contributed by atoms with Gasteiger partial charge in [0.1, 0.15) is 0 Å². The Balaban J connectivity index is 2.51. The van der Waals surface area contributed by atoms with Gasteiger partial charge in [-0.3, -0.25) is 0 Å². The minimum absolute atomic E-state index is 0.528. The molecule has 104 valence electrons. The van der Waals surface area contributed by atoms with Crippen LogP contribution in [-0.2, 0) is 6.42 Å². The smallest absolute Gasteiger partial charge is 0.161 e. The quantitative estimate of drug-likeness (QED) is 0.628. The number of hydrogen-bond donors (Lipinski definition) is 0. The summed E-state index contributed by atoms with van der Waals surface area (Å²) in [7, 11) is 1.65. The molecule has 0 N–H and O–H groups in total. The van der Waals surface area contributed by atoms with E-state index in [1.807, 2.05) is 18.2 Å². The summed E-state index contributed by atoms with van der Waals surface area (Å²) in [6.07, 6.45) is 6.06. The first kappa shape index (κ1) is 15.4. The molecule has 0 aliphatic carbocycles. The summed E-state index contributed by atoms with van der Waals surface area (Å²) in [6.45, 7) is 2.93. The van der Waals surface area contributed by atoms with Gasteiger partial charge in [0.2, 0.25) is 0 Å². The van der Waals surface area contributed by atoms with Crippen molar-refractivity contribution in [2.45, 2.75) is 45.4 Å². The summed E-state index contributed by atoms with van der Waals surface area (Å²) in [5.41, 5.74) is 1.11. The molecule has 1 aromatic rings. The lowest BCUT2D eigenvalue weighted by atomic mass is 10.1. The maximum Gasteiger partial charge on any atom is 0.161 e. The number of rotatable bonds is 9. The van der Waals surface area contributed by atoms with Crippen molar-refractivity contribution in [2.24, 2.45) is 0 Å². The van der Waals surface area contributed by atoms with E-state index in [2.05, 4.69) is 13.0 Å². The van der Waals surface area contributed by atoms with Crippen LogP contribution < -0.4 is 9.47 Å². The highest BCUT2D eigenvalue weighted by Gasteiger charge is 2.05. The fourth-order valence-electron chi connectivity index (χ4n) is 1.90. The highest BCUT2D eigenvalue weighted by Crippen LogP contribution is 2.28. The van der Waals surface area contributed by atoms with Crippen LogP contribution in [0.15, 0.2) is 18.2 Å². The zero-order valence-electron chi connectivity index (χ0n) is 11.9. The van der Waals surface area contributed by atoms with Gasteiger partial charge in [0.25, 0.3) is 0 Å². The van der Waals surface area contributed by atoms with E-state index in [0.29, 0.717) is 6.42 Å². The highest BCUT2D eigenvalue weighted by atomic mass is 16.5. The van der Waals surface area contributed by atoms with E-state index in [9.17, 15) is 0 Å². The molecule has 0 saturated carbocycles. The Morgan fingerprint density at radius 1 is 1.16 bits per heavy atom. The number of unbranched alkanes of at least 4 members (excludes halogenated alkanes) is 3. The first-order valence-corrected chi connectivity index (χ1v) is 6.98. The average Bonchev–Trinajstić information content (AvgIpc) is 2.45. The molecule has 0 bridgehead atoms. The predicted molar refractivity (Wildman–Crippen MR) is 76.6 cm³/mol. The van der Waals surface area contributed by atoms with Gasteiger partial charge in [0.05, 0.1) is 19.8 Å². The second-order valence-corrected chi connectivity index (χ2v) is 4.55. The molecule has 0 amide bonds. The van der Waals surface area contributed by atoms with Crippen molar-refractivity contribution in [1.29, 1.82) is 5.26 Å². The Morgan fingerprint density at radius 3 is 2.68 bits per heavy atom. The first-order valence-electron chi connectivity index (χ1n) is 6.98. The van der Waals surface area contributed by atoms with Gasteiger partial charge < -0.3 is 9.47 Å². The molecule has 0 aliphatic rings. The second-order valence-electron chi connectivity index (χ2n) is 4.55. The third-order valence-electron chi connectivity index (χ3n) is 3.01. The van der Waals surface area contributed by atoms with Crippen molar-refractivity contribution >= 4 is 0 Å². The van der Waals surface area contributed by atoms with Crippen molar-refractivity contribution in [2.75, 3.05) is 13.7 Å². The standard InChI is InChI=1S/C16H23NO2/c1-3-4-5-6-12-19-15-10-9-14(8-7-11-17)13-16(15)18-2/h9-10,13H,3-8,12H2,1-2H3. The van der Waals surface area contributed by atoms with Crippen molar-refractivity contribution in [1.82, 2.24) is 0 Å². The molecule has 0 spiro atoms. The van der Waals surface area contributed by atoms with E-state index >= 15 is 0 Å². The Kier molecular flexibility index (Phi) is 7.50. The van der Waals surface area contributed by atoms with Gasteiger partial charge >= 0.3 is 0 Å². The number of hydrogen-bond acceptors (Lipinski definition) is 3. The van der Waals surface area contributed by atoms with E-state index in [-0.39, 0.29) is 0 Å². The summed E-state index contributed by atoms with van der Waals surface area (Å²) in [4.78, 5) is 0. The van der Waals surface area contributed by atoms with E-state index in [4.69, 9.17) is 14.7 Å². The average molecular weight is 261 g/mol. The van der Waals surface area contributed by atoms with Crippen LogP contribution >= 0.6 is 0 Å². The van der Waals surface area contributed by atoms with Crippen molar-refractivity contribution < 1.29 is 9.47 Å². The molecule has 0 aromatic heterocycles. The SMILES string of the molecule is CCCCCCOc1ccc(CCC#N)cc1OC. The van der Waals surface area contributed by atoms with Crippen molar-refractivity contribution in [3.8, 4) is 17.6 Å². The zero-order valence-corrected chi connectivity index (χ0v) is 11.9. The molecule has 1 aromatic carbocycles. The molecule has 0 fully saturated rings. The molecule has 0 unspecified atom stereocenters. The van der Waals surface area contributed by atoms with E-state index < -0.39 is 0 Å². The van der Waals surface area contributed by atoms with Gasteiger partial charge in [0, 0.05) is 6.42 Å². The lowest BCUT2D eigenvalue weighted by Gasteiger charge is -2.11. The fraction of sp³-hybridized carbons (Fsp3) is 0.562. The summed E-state index contributed by atoms with van der Waals surface area (Å²) < 4.78 is 11.1. The van der Waals surface area contributed by atoms with Crippen molar-refractivity contribution in [3.05, 3.63) is 23.8 Å². The third kappa shape index (κ3) is 5.65. The molecule has 19 heavy (non-hydrogen) atoms. The first-order chi connectivity index (χ1) is 9.31. The Labute approximate surface area is 116 Å². The number of aryl methyl sites for hydroxylation is 1. The minimum atomic E-state index is 0.528. The molecule has 0 saturated heterocycles. The van der Waals surface area contributed by atoms with Gasteiger partial charge in [-0.2, -0.15) is 5.26 Å². The maximum absolute atomic E-state index is 8.59. The Hall–Kier alpha value is -1.69. The lowest BCUT2D eigenvalue weighted by molar-refractivity contribution is 0.285. The van der Waals surface area contributed by atoms with Crippen LogP contribution in [-0.4, -0.2) is 13.7 Å². The van der Waals surface area contributed by atoms with Crippen LogP contribution in [0.25, 0.3) is 0 Å². The fourth-order valence-corrected chi connectivity index (χ4v) is 1.90. The highest BCUT2D eigenvalue weighted by molar-refractivity contribution is 5.43. The molecular weight excluding hydrogens is 238 g/mol. The molecule has 0 heterocycles. The topological polar surface area (TPSA) is 42.2 Å². The lowest BCUT2D eigenvalue weighted by Crippen LogP contribution is -2.00. The molecular formula is C16H23NO2. The second kappa shape index (κ2) is 9.27. The Morgan fingerprint density at radius 2 is 2.00 bits per heavy atom. The summed E-state index contributed by atoms with van der Waals surface area (Å²) in [6, 6.07) is 8.04. The van der Waals surface area contributed by atoms with E-state index in [1.54, 1.807) is 7.11 Å². The molecule has 1 rings (SSSR count). The zero-order chi connectivity index (χ0) is 13.9. The van der Waals surface area contributed by atoms with Gasteiger partial charge in [-0.1, -0.05) is 32.3 Å². The van der Waals surface area contributed by atoms with Gasteiger partial charge in [-0.25, -0.2) is 0 Å². The van der Waals surface area contributed by atoms with Crippen LogP contribution in [0.1, 0.15) is 44.6 Å². The van der Waals surface area contributed by atoms with E-state index in [0.717, 1.165) is 36.5 Å². The molecule has 0 aliphatic heterocycles. The van der Waals surface area contributed by atoms with Gasteiger partial charge in [0.15, 0.2) is 11.5 Å². The summed E-state index contributed by atoms with van der Waals surface area (Å²) in [5.74, 6) is 1.55. The molecule has 0 atom stereocenters. The number of nitriles is 1. The number of methoxy groups -OCH3 is 1. The Bertz CT molecular complexity index is 410. The van der Waals surface area contributed by atoms with Crippen LogP contribution in [0, 0.1) is 11.3 Å². The normalized spacial score (nSPS) is 9.95. The summed E-state index contributed by atoms with van der Waals surface area (Å²) in [5, 5.41) is 8.59. The molecule has 3 heteroatoms. The van der Waals surface area contributed by atoms with Gasteiger partial charge in [-0.15, -0.1) is 0 Å². The minimum Gasteiger partial charge on any atom is -0.493 e. The molecule has 3 nitrogen and oxygen atoms in total. The van der Waals surface area contributed by atoms with Crippen LogP contribution in [0.3, 0.4) is 0 Å². The van der Waals surface area contributed by atoms with Crippen LogP contribution in [0.5, 0.6) is 11.5 Å². The predicted octanol–water partition coefficient (Wildman–Crippen LogP) is 4.11.